The van der Waals surface area contributed by atoms with Gasteiger partial charge in [0.25, 0.3) is 5.69 Å². The third kappa shape index (κ3) is 2.90. The fraction of sp³-hybridized carbons (Fsp3) is 0.111. The summed E-state index contributed by atoms with van der Waals surface area (Å²) in [4.78, 5) is 31.5. The fourth-order valence-corrected chi connectivity index (χ4v) is 1.77. The Bertz CT molecular complexity index is 486. The molecule has 0 bridgehead atoms. The number of nitrogens with zero attached hydrogens (tertiary/aromatic N) is 1. The Labute approximate surface area is 108 Å². The lowest BCUT2D eigenvalue weighted by molar-refractivity contribution is -0.385. The average molecular weight is 351 g/mol. The van der Waals surface area contributed by atoms with Crippen LogP contribution in [0, 0.1) is 13.7 Å². The van der Waals surface area contributed by atoms with Crippen LogP contribution in [0.3, 0.4) is 0 Å². The molecule has 1 aromatic carbocycles. The van der Waals surface area contributed by atoms with Gasteiger partial charge in [0, 0.05) is 9.64 Å². The number of nitro benzene ring substituents is 1. The summed E-state index contributed by atoms with van der Waals surface area (Å²) in [5, 5.41) is 28.3. The first-order valence-corrected chi connectivity index (χ1v) is 5.32. The molecule has 90 valence electrons. The number of hydrogen-bond acceptors (Lipinski definition) is 4. The van der Waals surface area contributed by atoms with Gasteiger partial charge in [0.15, 0.2) is 5.92 Å². The van der Waals surface area contributed by atoms with Crippen LogP contribution in [0.2, 0.25) is 0 Å². The number of carboxylic acid groups (broad SMARTS) is 2. The van der Waals surface area contributed by atoms with Crippen LogP contribution in [-0.4, -0.2) is 27.1 Å². The van der Waals surface area contributed by atoms with Crippen molar-refractivity contribution < 1.29 is 24.7 Å². The highest BCUT2D eigenvalue weighted by atomic mass is 127. The first kappa shape index (κ1) is 13.4. The Balaban J connectivity index is 3.43. The SMILES string of the molecule is O=C(O)C(C(=O)O)c1ccc(I)cc1[N+](=O)[O-]. The van der Waals surface area contributed by atoms with Crippen molar-refractivity contribution in [1.29, 1.82) is 0 Å². The first-order valence-electron chi connectivity index (χ1n) is 4.24. The number of aliphatic carboxylic acids is 2. The number of carbonyl (C=O) groups is 2. The number of benzene rings is 1. The number of nitro groups is 1. The summed E-state index contributed by atoms with van der Waals surface area (Å²) < 4.78 is 0.521. The number of carboxylic acids is 2. The van der Waals surface area contributed by atoms with E-state index in [1.807, 2.05) is 22.6 Å². The van der Waals surface area contributed by atoms with Crippen LogP contribution in [0.5, 0.6) is 0 Å². The van der Waals surface area contributed by atoms with E-state index in [0.29, 0.717) is 3.57 Å². The zero-order valence-corrected chi connectivity index (χ0v) is 10.3. The molecule has 0 saturated heterocycles. The molecule has 0 fully saturated rings. The molecule has 0 aliphatic heterocycles. The van der Waals surface area contributed by atoms with Gasteiger partial charge in [0.1, 0.15) is 0 Å². The molecule has 17 heavy (non-hydrogen) atoms. The summed E-state index contributed by atoms with van der Waals surface area (Å²) in [5.41, 5.74) is -0.845. The summed E-state index contributed by atoms with van der Waals surface area (Å²) in [7, 11) is 0. The van der Waals surface area contributed by atoms with Crippen molar-refractivity contribution in [3.8, 4) is 0 Å². The molecule has 2 N–H and O–H groups in total. The minimum atomic E-state index is -1.94. The third-order valence-electron chi connectivity index (χ3n) is 1.99. The van der Waals surface area contributed by atoms with Crippen LogP contribution >= 0.6 is 22.6 Å². The molecule has 8 heteroatoms. The van der Waals surface area contributed by atoms with E-state index >= 15 is 0 Å². The molecule has 0 heterocycles. The number of hydrogen-bond donors (Lipinski definition) is 2. The van der Waals surface area contributed by atoms with Gasteiger partial charge in [-0.3, -0.25) is 19.7 Å². The van der Waals surface area contributed by atoms with Gasteiger partial charge < -0.3 is 10.2 Å². The van der Waals surface area contributed by atoms with E-state index in [1.165, 1.54) is 6.07 Å². The Morgan fingerprint density at radius 1 is 1.29 bits per heavy atom. The molecule has 7 nitrogen and oxygen atoms in total. The summed E-state index contributed by atoms with van der Waals surface area (Å²) in [6.07, 6.45) is 0. The quantitative estimate of drug-likeness (QED) is 0.367. The minimum absolute atomic E-state index is 0.338. The monoisotopic (exact) mass is 351 g/mol. The lowest BCUT2D eigenvalue weighted by Crippen LogP contribution is -2.22. The van der Waals surface area contributed by atoms with Crippen LogP contribution in [0.4, 0.5) is 5.69 Å². The van der Waals surface area contributed by atoms with Crippen molar-refractivity contribution in [3.63, 3.8) is 0 Å². The molecule has 0 aliphatic rings. The third-order valence-corrected chi connectivity index (χ3v) is 2.67. The van der Waals surface area contributed by atoms with Crippen molar-refractivity contribution in [2.75, 3.05) is 0 Å². The molecule has 0 saturated carbocycles. The molecule has 0 atom stereocenters. The van der Waals surface area contributed by atoms with E-state index in [0.717, 1.165) is 12.1 Å². The number of rotatable bonds is 4. The fourth-order valence-electron chi connectivity index (χ4n) is 1.29. The van der Waals surface area contributed by atoms with Gasteiger partial charge in [-0.1, -0.05) is 0 Å². The van der Waals surface area contributed by atoms with Crippen LogP contribution in [0.1, 0.15) is 11.5 Å². The summed E-state index contributed by atoms with van der Waals surface area (Å²) >= 11 is 1.81. The lowest BCUT2D eigenvalue weighted by atomic mass is 9.98. The zero-order valence-electron chi connectivity index (χ0n) is 8.16. The molecular formula is C9H6INO6. The molecule has 0 spiro atoms. The summed E-state index contributed by atoms with van der Waals surface area (Å²) in [6.45, 7) is 0. The Morgan fingerprint density at radius 3 is 2.24 bits per heavy atom. The first-order chi connectivity index (χ1) is 7.84. The van der Waals surface area contributed by atoms with Gasteiger partial charge in [-0.05, 0) is 34.7 Å². The van der Waals surface area contributed by atoms with E-state index in [9.17, 15) is 19.7 Å². The van der Waals surface area contributed by atoms with E-state index in [1.54, 1.807) is 0 Å². The van der Waals surface area contributed by atoms with Crippen molar-refractivity contribution in [2.24, 2.45) is 0 Å². The Hall–Kier alpha value is -1.71. The van der Waals surface area contributed by atoms with Crippen LogP contribution in [-0.2, 0) is 9.59 Å². The lowest BCUT2D eigenvalue weighted by Gasteiger charge is -2.08. The van der Waals surface area contributed by atoms with E-state index in [2.05, 4.69) is 0 Å². The predicted octanol–water partition coefficient (Wildman–Crippen LogP) is 1.45. The summed E-state index contributed by atoms with van der Waals surface area (Å²) in [6, 6.07) is 3.70. The van der Waals surface area contributed by atoms with Gasteiger partial charge in [0.05, 0.1) is 10.5 Å². The molecule has 0 unspecified atom stereocenters. The summed E-state index contributed by atoms with van der Waals surface area (Å²) in [5.74, 6) is -5.21. The van der Waals surface area contributed by atoms with Gasteiger partial charge in [-0.2, -0.15) is 0 Å². The van der Waals surface area contributed by atoms with Crippen LogP contribution < -0.4 is 0 Å². The van der Waals surface area contributed by atoms with Crippen molar-refractivity contribution in [3.05, 3.63) is 37.4 Å². The Kier molecular flexibility index (Phi) is 3.99. The predicted molar refractivity (Wildman–Crippen MR) is 63.8 cm³/mol. The molecule has 0 radical (unpaired) electrons. The minimum Gasteiger partial charge on any atom is -0.480 e. The highest BCUT2D eigenvalue weighted by Crippen LogP contribution is 2.28. The van der Waals surface area contributed by atoms with Crippen molar-refractivity contribution in [1.82, 2.24) is 0 Å². The normalized spacial score (nSPS) is 10.2. The highest BCUT2D eigenvalue weighted by molar-refractivity contribution is 14.1. The smallest absolute Gasteiger partial charge is 0.322 e. The van der Waals surface area contributed by atoms with Crippen LogP contribution in [0.15, 0.2) is 18.2 Å². The van der Waals surface area contributed by atoms with Gasteiger partial charge >= 0.3 is 11.9 Å². The van der Waals surface area contributed by atoms with Crippen molar-refractivity contribution >= 4 is 40.2 Å². The maximum Gasteiger partial charge on any atom is 0.322 e. The topological polar surface area (TPSA) is 118 Å². The van der Waals surface area contributed by atoms with Crippen molar-refractivity contribution in [2.45, 2.75) is 5.92 Å². The molecule has 0 amide bonds. The second kappa shape index (κ2) is 5.08. The second-order valence-corrected chi connectivity index (χ2v) is 4.32. The average Bonchev–Trinajstić information content (AvgIpc) is 2.19. The van der Waals surface area contributed by atoms with Gasteiger partial charge in [-0.15, -0.1) is 0 Å². The van der Waals surface area contributed by atoms with Crippen LogP contribution in [0.25, 0.3) is 0 Å². The molecular weight excluding hydrogens is 345 g/mol. The number of halogens is 1. The molecule has 1 rings (SSSR count). The van der Waals surface area contributed by atoms with Gasteiger partial charge in [0.2, 0.25) is 0 Å². The largest absolute Gasteiger partial charge is 0.480 e. The van der Waals surface area contributed by atoms with E-state index < -0.39 is 28.5 Å². The Morgan fingerprint density at radius 2 is 1.82 bits per heavy atom. The van der Waals surface area contributed by atoms with E-state index in [4.69, 9.17) is 10.2 Å². The molecule has 0 aromatic heterocycles. The maximum atomic E-state index is 10.8. The molecule has 0 aliphatic carbocycles. The highest BCUT2D eigenvalue weighted by Gasteiger charge is 2.34. The second-order valence-electron chi connectivity index (χ2n) is 3.07. The van der Waals surface area contributed by atoms with E-state index in [-0.39, 0.29) is 5.56 Å². The standard InChI is InChI=1S/C9H6INO6/c10-4-1-2-5(6(3-4)11(16)17)7(8(12)13)9(14)15/h1-3,7H,(H,12,13)(H,14,15). The van der Waals surface area contributed by atoms with Gasteiger partial charge in [-0.25, -0.2) is 0 Å². The molecule has 1 aromatic rings. The maximum absolute atomic E-state index is 10.8. The zero-order chi connectivity index (χ0) is 13.2.